The van der Waals surface area contributed by atoms with Crippen LogP contribution in [0.5, 0.6) is 0 Å². The first-order valence-corrected chi connectivity index (χ1v) is 9.84. The van der Waals surface area contributed by atoms with Gasteiger partial charge in [0.1, 0.15) is 6.61 Å². The quantitative estimate of drug-likeness (QED) is 0.793. The van der Waals surface area contributed by atoms with Crippen LogP contribution in [0.1, 0.15) is 41.6 Å². The monoisotopic (exact) mass is 374 g/mol. The lowest BCUT2D eigenvalue weighted by molar-refractivity contribution is -0.143. The summed E-state index contributed by atoms with van der Waals surface area (Å²) in [6.07, 6.45) is 3.37. The second-order valence-corrected chi connectivity index (χ2v) is 7.47. The van der Waals surface area contributed by atoms with Crippen LogP contribution >= 0.6 is 0 Å². The number of carbonyl (C=O) groups is 2. The molecule has 2 amide bonds. The van der Waals surface area contributed by atoms with Crippen molar-refractivity contribution < 1.29 is 19.1 Å². The van der Waals surface area contributed by atoms with Gasteiger partial charge in [0.25, 0.3) is 5.91 Å². The van der Waals surface area contributed by atoms with Crippen LogP contribution in [0.15, 0.2) is 24.3 Å². The lowest BCUT2D eigenvalue weighted by Crippen LogP contribution is -2.54. The number of carbonyl (C=O) groups excluding carboxylic acids is 2. The number of piperidine rings is 1. The molecule has 148 valence electrons. The van der Waals surface area contributed by atoms with Crippen LogP contribution in [0.25, 0.3) is 0 Å². The van der Waals surface area contributed by atoms with Gasteiger partial charge in [-0.2, -0.15) is 0 Å². The molecule has 0 spiro atoms. The van der Waals surface area contributed by atoms with E-state index in [4.69, 9.17) is 9.47 Å². The maximum atomic E-state index is 12.8. The van der Waals surface area contributed by atoms with Gasteiger partial charge in [0, 0.05) is 51.1 Å². The number of aryl methyl sites for hydroxylation is 1. The predicted octanol–water partition coefficient (Wildman–Crippen LogP) is 2.25. The van der Waals surface area contributed by atoms with Gasteiger partial charge < -0.3 is 19.3 Å². The van der Waals surface area contributed by atoms with Gasteiger partial charge in [-0.3, -0.25) is 9.59 Å². The Morgan fingerprint density at radius 1 is 1.15 bits per heavy atom. The molecule has 0 saturated carbocycles. The average molecular weight is 374 g/mol. The van der Waals surface area contributed by atoms with Crippen LogP contribution in [-0.2, 0) is 14.3 Å². The summed E-state index contributed by atoms with van der Waals surface area (Å²) in [5.74, 6) is 0.130. The number of amides is 2. The average Bonchev–Trinajstić information content (AvgIpc) is 2.69. The van der Waals surface area contributed by atoms with E-state index in [1.54, 1.807) is 7.11 Å². The van der Waals surface area contributed by atoms with Crippen molar-refractivity contribution in [3.63, 3.8) is 0 Å². The fourth-order valence-electron chi connectivity index (χ4n) is 4.17. The number of ether oxygens (including phenoxy) is 2. The zero-order valence-electron chi connectivity index (χ0n) is 16.4. The van der Waals surface area contributed by atoms with E-state index in [1.165, 1.54) is 0 Å². The molecular weight excluding hydrogens is 344 g/mol. The number of methoxy groups -OCH3 is 1. The lowest BCUT2D eigenvalue weighted by Gasteiger charge is -2.43. The molecule has 0 aromatic heterocycles. The van der Waals surface area contributed by atoms with E-state index < -0.39 is 0 Å². The van der Waals surface area contributed by atoms with Gasteiger partial charge in [-0.15, -0.1) is 0 Å². The van der Waals surface area contributed by atoms with E-state index in [0.29, 0.717) is 26.3 Å². The third kappa shape index (κ3) is 4.87. The van der Waals surface area contributed by atoms with Crippen LogP contribution < -0.4 is 0 Å². The molecule has 2 fully saturated rings. The normalized spacial score (nSPS) is 19.1. The standard InChI is InChI=1S/C21H30N2O4/c1-16-4-3-5-17(14-16)21(25)22-10-6-18(7-11-22)23(20(24)15-26-2)19-8-12-27-13-9-19/h3-5,14,18-19H,6-13,15H2,1-2H3. The van der Waals surface area contributed by atoms with Gasteiger partial charge in [0.05, 0.1) is 0 Å². The van der Waals surface area contributed by atoms with Crippen LogP contribution in [0.3, 0.4) is 0 Å². The highest BCUT2D eigenvalue weighted by Gasteiger charge is 2.34. The van der Waals surface area contributed by atoms with Crippen LogP contribution in [-0.4, -0.2) is 73.7 Å². The van der Waals surface area contributed by atoms with Crippen LogP contribution in [0.4, 0.5) is 0 Å². The summed E-state index contributed by atoms with van der Waals surface area (Å²) in [7, 11) is 1.56. The van der Waals surface area contributed by atoms with Gasteiger partial charge in [-0.1, -0.05) is 17.7 Å². The summed E-state index contributed by atoms with van der Waals surface area (Å²) >= 11 is 0. The number of likely N-dealkylation sites (tertiary alicyclic amines) is 1. The van der Waals surface area contributed by atoms with Gasteiger partial charge in [-0.25, -0.2) is 0 Å². The maximum absolute atomic E-state index is 12.8. The van der Waals surface area contributed by atoms with E-state index in [0.717, 1.165) is 36.8 Å². The molecule has 1 aromatic carbocycles. The Morgan fingerprint density at radius 2 is 1.81 bits per heavy atom. The largest absolute Gasteiger partial charge is 0.381 e. The molecule has 3 rings (SSSR count). The molecule has 0 N–H and O–H groups in total. The fourth-order valence-corrected chi connectivity index (χ4v) is 4.17. The fraction of sp³-hybridized carbons (Fsp3) is 0.619. The second kappa shape index (κ2) is 9.33. The lowest BCUT2D eigenvalue weighted by atomic mass is 9.97. The Hall–Kier alpha value is -1.92. The highest BCUT2D eigenvalue weighted by atomic mass is 16.5. The third-order valence-corrected chi connectivity index (χ3v) is 5.55. The van der Waals surface area contributed by atoms with E-state index in [9.17, 15) is 9.59 Å². The Kier molecular flexibility index (Phi) is 6.85. The number of benzene rings is 1. The molecule has 0 radical (unpaired) electrons. The zero-order chi connectivity index (χ0) is 19.2. The summed E-state index contributed by atoms with van der Waals surface area (Å²) in [6, 6.07) is 8.10. The molecule has 2 aliphatic heterocycles. The molecule has 2 saturated heterocycles. The van der Waals surface area contributed by atoms with Crippen molar-refractivity contribution in [3.8, 4) is 0 Å². The Balaban J connectivity index is 1.64. The van der Waals surface area contributed by atoms with Crippen molar-refractivity contribution >= 4 is 11.8 Å². The van der Waals surface area contributed by atoms with E-state index >= 15 is 0 Å². The number of hydrogen-bond acceptors (Lipinski definition) is 4. The number of nitrogens with zero attached hydrogens (tertiary/aromatic N) is 2. The molecule has 2 heterocycles. The SMILES string of the molecule is COCC(=O)N(C1CCOCC1)C1CCN(C(=O)c2cccc(C)c2)CC1. The first-order chi connectivity index (χ1) is 13.1. The van der Waals surface area contributed by atoms with Crippen molar-refractivity contribution in [1.82, 2.24) is 9.80 Å². The topological polar surface area (TPSA) is 59.1 Å². The summed E-state index contributed by atoms with van der Waals surface area (Å²) in [6.45, 7) is 4.86. The van der Waals surface area contributed by atoms with Crippen molar-refractivity contribution in [2.45, 2.75) is 44.7 Å². The zero-order valence-corrected chi connectivity index (χ0v) is 16.4. The highest BCUT2D eigenvalue weighted by Crippen LogP contribution is 2.25. The minimum Gasteiger partial charge on any atom is -0.381 e. The highest BCUT2D eigenvalue weighted by molar-refractivity contribution is 5.94. The molecule has 6 nitrogen and oxygen atoms in total. The molecule has 6 heteroatoms. The van der Waals surface area contributed by atoms with Crippen LogP contribution in [0, 0.1) is 6.92 Å². The molecule has 0 bridgehead atoms. The van der Waals surface area contributed by atoms with E-state index in [-0.39, 0.29) is 30.5 Å². The molecule has 2 aliphatic rings. The van der Waals surface area contributed by atoms with Gasteiger partial charge in [-0.05, 0) is 44.7 Å². The van der Waals surface area contributed by atoms with Crippen molar-refractivity contribution in [2.24, 2.45) is 0 Å². The van der Waals surface area contributed by atoms with Crippen LogP contribution in [0.2, 0.25) is 0 Å². The van der Waals surface area contributed by atoms with Gasteiger partial charge >= 0.3 is 0 Å². The first-order valence-electron chi connectivity index (χ1n) is 9.84. The van der Waals surface area contributed by atoms with Crippen molar-refractivity contribution in [2.75, 3.05) is 40.0 Å². The summed E-state index contributed by atoms with van der Waals surface area (Å²) in [5, 5.41) is 0. The van der Waals surface area contributed by atoms with Gasteiger partial charge in [0.15, 0.2) is 0 Å². The molecule has 1 aromatic rings. The van der Waals surface area contributed by atoms with E-state index in [1.807, 2.05) is 41.0 Å². The predicted molar refractivity (Wildman–Crippen MR) is 103 cm³/mol. The Labute approximate surface area is 161 Å². The summed E-state index contributed by atoms with van der Waals surface area (Å²) in [5.41, 5.74) is 1.83. The maximum Gasteiger partial charge on any atom is 0.253 e. The first kappa shape index (κ1) is 19.8. The number of rotatable bonds is 5. The Morgan fingerprint density at radius 3 is 2.44 bits per heavy atom. The molecule has 0 unspecified atom stereocenters. The second-order valence-electron chi connectivity index (χ2n) is 7.47. The van der Waals surface area contributed by atoms with Gasteiger partial charge in [0.2, 0.25) is 5.91 Å². The van der Waals surface area contributed by atoms with Crippen molar-refractivity contribution in [3.05, 3.63) is 35.4 Å². The summed E-state index contributed by atoms with van der Waals surface area (Å²) in [4.78, 5) is 29.4. The summed E-state index contributed by atoms with van der Waals surface area (Å²) < 4.78 is 10.6. The smallest absolute Gasteiger partial charge is 0.253 e. The van der Waals surface area contributed by atoms with E-state index in [2.05, 4.69) is 0 Å². The molecular formula is C21H30N2O4. The third-order valence-electron chi connectivity index (χ3n) is 5.55. The van der Waals surface area contributed by atoms with Crippen molar-refractivity contribution in [1.29, 1.82) is 0 Å². The Bertz CT molecular complexity index is 649. The molecule has 27 heavy (non-hydrogen) atoms. The number of hydrogen-bond donors (Lipinski definition) is 0. The minimum atomic E-state index is 0.0489. The molecule has 0 aliphatic carbocycles. The minimum absolute atomic E-state index is 0.0489. The molecule has 0 atom stereocenters.